The Morgan fingerprint density at radius 3 is 2.59 bits per heavy atom. The molecule has 3 rings (SSSR count). The summed E-state index contributed by atoms with van der Waals surface area (Å²) < 4.78 is 0. The van der Waals surface area contributed by atoms with Gasteiger partial charge >= 0.3 is 6.09 Å². The first kappa shape index (κ1) is 14.9. The average Bonchev–Trinajstić information content (AvgIpc) is 2.54. The SMILES string of the molecule is O=C(O)NCC1CCN(Cc2ccc3ccccc3c2)CC1. The Kier molecular flexibility index (Phi) is 4.59. The summed E-state index contributed by atoms with van der Waals surface area (Å²) in [7, 11) is 0. The summed E-state index contributed by atoms with van der Waals surface area (Å²) in [6, 6.07) is 15.1. The Hall–Kier alpha value is -2.07. The molecule has 1 aliphatic rings. The van der Waals surface area contributed by atoms with Crippen LogP contribution in [0.15, 0.2) is 42.5 Å². The van der Waals surface area contributed by atoms with Crippen molar-refractivity contribution >= 4 is 16.9 Å². The lowest BCUT2D eigenvalue weighted by atomic mass is 9.96. The van der Waals surface area contributed by atoms with E-state index in [1.54, 1.807) is 0 Å². The lowest BCUT2D eigenvalue weighted by molar-refractivity contribution is 0.166. The van der Waals surface area contributed by atoms with Crippen molar-refractivity contribution in [2.75, 3.05) is 19.6 Å². The molecule has 22 heavy (non-hydrogen) atoms. The highest BCUT2D eigenvalue weighted by atomic mass is 16.4. The van der Waals surface area contributed by atoms with Crippen molar-refractivity contribution in [3.63, 3.8) is 0 Å². The molecule has 1 saturated heterocycles. The number of rotatable bonds is 4. The number of piperidine rings is 1. The Morgan fingerprint density at radius 2 is 1.86 bits per heavy atom. The maximum absolute atomic E-state index is 10.5. The Labute approximate surface area is 130 Å². The molecule has 4 nitrogen and oxygen atoms in total. The number of carboxylic acid groups (broad SMARTS) is 1. The van der Waals surface area contributed by atoms with Crippen LogP contribution in [0, 0.1) is 5.92 Å². The number of amides is 1. The van der Waals surface area contributed by atoms with Crippen molar-refractivity contribution in [3.8, 4) is 0 Å². The van der Waals surface area contributed by atoms with Crippen molar-refractivity contribution in [3.05, 3.63) is 48.0 Å². The van der Waals surface area contributed by atoms with Crippen LogP contribution in [-0.4, -0.2) is 35.7 Å². The number of nitrogens with zero attached hydrogens (tertiary/aromatic N) is 1. The van der Waals surface area contributed by atoms with Crippen LogP contribution in [0.4, 0.5) is 4.79 Å². The van der Waals surface area contributed by atoms with E-state index in [4.69, 9.17) is 5.11 Å². The van der Waals surface area contributed by atoms with Crippen molar-refractivity contribution < 1.29 is 9.90 Å². The molecule has 0 atom stereocenters. The lowest BCUT2D eigenvalue weighted by Crippen LogP contribution is -2.37. The first-order chi connectivity index (χ1) is 10.7. The fourth-order valence-electron chi connectivity index (χ4n) is 3.18. The minimum absolute atomic E-state index is 0.476. The van der Waals surface area contributed by atoms with Crippen molar-refractivity contribution in [2.24, 2.45) is 5.92 Å². The van der Waals surface area contributed by atoms with E-state index in [1.807, 2.05) is 0 Å². The smallest absolute Gasteiger partial charge is 0.404 e. The molecule has 1 aliphatic heterocycles. The number of benzene rings is 2. The number of fused-ring (bicyclic) bond motifs is 1. The van der Waals surface area contributed by atoms with Gasteiger partial charge in [0.05, 0.1) is 0 Å². The van der Waals surface area contributed by atoms with Gasteiger partial charge in [-0.05, 0) is 54.3 Å². The number of carbonyl (C=O) groups is 1. The Balaban J connectivity index is 1.54. The normalized spacial score (nSPS) is 16.7. The third-order valence-corrected chi connectivity index (χ3v) is 4.47. The van der Waals surface area contributed by atoms with Gasteiger partial charge in [0.2, 0.25) is 0 Å². The number of hydrogen-bond donors (Lipinski definition) is 2. The Morgan fingerprint density at radius 1 is 1.14 bits per heavy atom. The van der Waals surface area contributed by atoms with Crippen LogP contribution in [0.5, 0.6) is 0 Å². The average molecular weight is 298 g/mol. The van der Waals surface area contributed by atoms with Gasteiger partial charge in [-0.2, -0.15) is 0 Å². The highest BCUT2D eigenvalue weighted by Crippen LogP contribution is 2.21. The van der Waals surface area contributed by atoms with Crippen LogP contribution in [0.3, 0.4) is 0 Å². The van der Waals surface area contributed by atoms with Crippen LogP contribution < -0.4 is 5.32 Å². The summed E-state index contributed by atoms with van der Waals surface area (Å²) in [6.45, 7) is 3.64. The molecule has 0 bridgehead atoms. The molecule has 0 aliphatic carbocycles. The van der Waals surface area contributed by atoms with Gasteiger partial charge in [0, 0.05) is 13.1 Å². The zero-order valence-electron chi connectivity index (χ0n) is 12.7. The quantitative estimate of drug-likeness (QED) is 0.910. The third-order valence-electron chi connectivity index (χ3n) is 4.47. The molecule has 2 aromatic carbocycles. The molecule has 116 valence electrons. The molecule has 0 unspecified atom stereocenters. The second kappa shape index (κ2) is 6.79. The second-order valence-corrected chi connectivity index (χ2v) is 6.09. The summed E-state index contributed by atoms with van der Waals surface area (Å²) in [4.78, 5) is 13.0. The van der Waals surface area contributed by atoms with E-state index in [-0.39, 0.29) is 0 Å². The summed E-state index contributed by atoms with van der Waals surface area (Å²) >= 11 is 0. The molecule has 0 spiro atoms. The highest BCUT2D eigenvalue weighted by molar-refractivity contribution is 5.82. The molecule has 0 radical (unpaired) electrons. The maximum atomic E-state index is 10.5. The molecule has 2 aromatic rings. The van der Waals surface area contributed by atoms with Crippen LogP contribution in [-0.2, 0) is 6.54 Å². The molecule has 4 heteroatoms. The van der Waals surface area contributed by atoms with Gasteiger partial charge in [-0.15, -0.1) is 0 Å². The lowest BCUT2D eigenvalue weighted by Gasteiger charge is -2.31. The minimum atomic E-state index is -0.918. The van der Waals surface area contributed by atoms with Crippen LogP contribution in [0.25, 0.3) is 10.8 Å². The Bertz CT molecular complexity index is 648. The van der Waals surface area contributed by atoms with Crippen LogP contribution in [0.1, 0.15) is 18.4 Å². The molecule has 2 N–H and O–H groups in total. The van der Waals surface area contributed by atoms with Crippen molar-refractivity contribution in [1.82, 2.24) is 10.2 Å². The standard InChI is InChI=1S/C18H22N2O2/c21-18(22)19-12-14-7-9-20(10-8-14)13-15-5-6-16-3-1-2-4-17(16)11-15/h1-6,11,14,19H,7-10,12-13H2,(H,21,22). The molecule has 0 aromatic heterocycles. The van der Waals surface area contributed by atoms with E-state index in [0.29, 0.717) is 12.5 Å². The molecule has 0 saturated carbocycles. The van der Waals surface area contributed by atoms with Gasteiger partial charge < -0.3 is 10.4 Å². The van der Waals surface area contributed by atoms with Gasteiger partial charge in [0.1, 0.15) is 0 Å². The summed E-state index contributed by atoms with van der Waals surface area (Å²) in [6.07, 6.45) is 1.21. The minimum Gasteiger partial charge on any atom is -0.465 e. The van der Waals surface area contributed by atoms with Gasteiger partial charge in [-0.1, -0.05) is 36.4 Å². The van der Waals surface area contributed by atoms with E-state index in [9.17, 15) is 4.79 Å². The fourth-order valence-corrected chi connectivity index (χ4v) is 3.18. The van der Waals surface area contributed by atoms with Crippen LogP contribution in [0.2, 0.25) is 0 Å². The predicted molar refractivity (Wildman–Crippen MR) is 88.0 cm³/mol. The predicted octanol–water partition coefficient (Wildman–Crippen LogP) is 3.32. The van der Waals surface area contributed by atoms with Crippen molar-refractivity contribution in [2.45, 2.75) is 19.4 Å². The largest absolute Gasteiger partial charge is 0.465 e. The summed E-state index contributed by atoms with van der Waals surface area (Å²) in [5, 5.41) is 13.7. The van der Waals surface area contributed by atoms with Gasteiger partial charge in [0.15, 0.2) is 0 Å². The first-order valence-electron chi connectivity index (χ1n) is 7.87. The zero-order valence-corrected chi connectivity index (χ0v) is 12.7. The maximum Gasteiger partial charge on any atom is 0.404 e. The fraction of sp³-hybridized carbons (Fsp3) is 0.389. The molecule has 1 heterocycles. The summed E-state index contributed by atoms with van der Waals surface area (Å²) in [5.74, 6) is 0.476. The van der Waals surface area contributed by atoms with Gasteiger partial charge in [-0.3, -0.25) is 4.90 Å². The summed E-state index contributed by atoms with van der Waals surface area (Å²) in [5.41, 5.74) is 1.35. The van der Waals surface area contributed by atoms with Crippen LogP contribution >= 0.6 is 0 Å². The highest BCUT2D eigenvalue weighted by Gasteiger charge is 2.19. The third kappa shape index (κ3) is 3.77. The van der Waals surface area contributed by atoms with E-state index in [1.165, 1.54) is 16.3 Å². The van der Waals surface area contributed by atoms with Crippen molar-refractivity contribution in [1.29, 1.82) is 0 Å². The molecule has 1 fully saturated rings. The number of nitrogens with one attached hydrogen (secondary N) is 1. The molecule has 1 amide bonds. The van der Waals surface area contributed by atoms with E-state index in [2.05, 4.69) is 52.7 Å². The van der Waals surface area contributed by atoms with E-state index >= 15 is 0 Å². The van der Waals surface area contributed by atoms with E-state index in [0.717, 1.165) is 32.5 Å². The number of hydrogen-bond acceptors (Lipinski definition) is 2. The topological polar surface area (TPSA) is 52.6 Å². The second-order valence-electron chi connectivity index (χ2n) is 6.09. The van der Waals surface area contributed by atoms with E-state index < -0.39 is 6.09 Å². The number of likely N-dealkylation sites (tertiary alicyclic amines) is 1. The monoisotopic (exact) mass is 298 g/mol. The first-order valence-corrected chi connectivity index (χ1v) is 7.87. The van der Waals surface area contributed by atoms with Gasteiger partial charge in [-0.25, -0.2) is 4.79 Å². The molecular weight excluding hydrogens is 276 g/mol. The zero-order chi connectivity index (χ0) is 15.4. The molecular formula is C18H22N2O2. The van der Waals surface area contributed by atoms with Gasteiger partial charge in [0.25, 0.3) is 0 Å².